The lowest BCUT2D eigenvalue weighted by atomic mass is 9.70. The number of aliphatic hydroxyl groups is 2. The summed E-state index contributed by atoms with van der Waals surface area (Å²) in [4.78, 5) is 0. The fourth-order valence-corrected chi connectivity index (χ4v) is 3.23. The Hall–Kier alpha value is -0.600. The zero-order valence-corrected chi connectivity index (χ0v) is 12.2. The van der Waals surface area contributed by atoms with Gasteiger partial charge in [-0.05, 0) is 50.4 Å². The van der Waals surface area contributed by atoms with Crippen LogP contribution in [0.5, 0.6) is 0 Å². The zero-order valence-electron chi connectivity index (χ0n) is 12.2. The Morgan fingerprint density at radius 1 is 1.56 bits per heavy atom. The molecule has 0 bridgehead atoms. The first kappa shape index (κ1) is 15.5. The van der Waals surface area contributed by atoms with Crippen LogP contribution < -0.4 is 0 Å². The van der Waals surface area contributed by atoms with E-state index >= 15 is 0 Å². The maximum absolute atomic E-state index is 10.5. The van der Waals surface area contributed by atoms with Crippen LogP contribution in [-0.4, -0.2) is 21.9 Å². The number of hydrogen-bond acceptors (Lipinski definition) is 2. The van der Waals surface area contributed by atoms with Crippen molar-refractivity contribution in [2.75, 3.05) is 0 Å². The topological polar surface area (TPSA) is 40.5 Å². The molecule has 1 aliphatic carbocycles. The molecule has 18 heavy (non-hydrogen) atoms. The largest absolute Gasteiger partial charge is 0.390 e. The molecule has 1 rings (SSSR count). The lowest BCUT2D eigenvalue weighted by Gasteiger charge is -2.38. The number of aliphatic hydroxyl groups excluding tert-OH is 1. The van der Waals surface area contributed by atoms with Crippen LogP contribution in [0.4, 0.5) is 0 Å². The number of hydrogen-bond donors (Lipinski definition) is 2. The Bertz CT molecular complexity index is 328. The van der Waals surface area contributed by atoms with Gasteiger partial charge in [0.25, 0.3) is 0 Å². The standard InChI is InChI=1S/C16H28O2/c1-7-14(17)15(4,5)10-13-12(11(2)3)8-9-16(13,6)18/h7,12-14,17-18H,1-2,8-10H2,3-6H3/t12-,13-,14-,16+/m0/s1. The molecule has 104 valence electrons. The van der Waals surface area contributed by atoms with Gasteiger partial charge < -0.3 is 10.2 Å². The van der Waals surface area contributed by atoms with Gasteiger partial charge in [-0.2, -0.15) is 0 Å². The SMILES string of the molecule is C=C[C@H](O)C(C)(C)C[C@H]1[C@H](C(=C)C)CC[C@@]1(C)O. The third-order valence-electron chi connectivity index (χ3n) is 4.65. The summed E-state index contributed by atoms with van der Waals surface area (Å²) in [5.74, 6) is 0.524. The van der Waals surface area contributed by atoms with E-state index in [2.05, 4.69) is 13.2 Å². The van der Waals surface area contributed by atoms with E-state index in [1.54, 1.807) is 6.08 Å². The van der Waals surface area contributed by atoms with E-state index in [0.717, 1.165) is 24.8 Å². The highest BCUT2D eigenvalue weighted by Gasteiger charge is 2.46. The van der Waals surface area contributed by atoms with Crippen molar-refractivity contribution < 1.29 is 10.2 Å². The molecule has 0 saturated heterocycles. The summed E-state index contributed by atoms with van der Waals surface area (Å²) in [6.45, 7) is 15.7. The smallest absolute Gasteiger partial charge is 0.0769 e. The number of rotatable bonds is 5. The van der Waals surface area contributed by atoms with Crippen LogP contribution in [0.25, 0.3) is 0 Å². The summed E-state index contributed by atoms with van der Waals surface area (Å²) in [5.41, 5.74) is 0.220. The first-order chi connectivity index (χ1) is 8.12. The molecule has 0 aromatic carbocycles. The van der Waals surface area contributed by atoms with Crippen LogP contribution in [-0.2, 0) is 0 Å². The van der Waals surface area contributed by atoms with Crippen LogP contribution in [0.2, 0.25) is 0 Å². The van der Waals surface area contributed by atoms with Gasteiger partial charge in [-0.25, -0.2) is 0 Å². The molecular formula is C16H28O2. The minimum absolute atomic E-state index is 0.166. The van der Waals surface area contributed by atoms with Crippen molar-refractivity contribution in [1.82, 2.24) is 0 Å². The molecule has 1 saturated carbocycles. The summed E-state index contributed by atoms with van der Waals surface area (Å²) >= 11 is 0. The Balaban J connectivity index is 2.91. The van der Waals surface area contributed by atoms with Crippen LogP contribution >= 0.6 is 0 Å². The molecule has 0 aromatic rings. The molecule has 1 fully saturated rings. The molecule has 2 heteroatoms. The Morgan fingerprint density at radius 2 is 2.11 bits per heavy atom. The molecule has 0 aromatic heterocycles. The molecule has 0 heterocycles. The van der Waals surface area contributed by atoms with Crippen molar-refractivity contribution in [3.63, 3.8) is 0 Å². The van der Waals surface area contributed by atoms with E-state index in [1.165, 1.54) is 0 Å². The lowest BCUT2D eigenvalue weighted by Crippen LogP contribution is -2.39. The van der Waals surface area contributed by atoms with Crippen molar-refractivity contribution in [3.05, 3.63) is 24.8 Å². The van der Waals surface area contributed by atoms with Gasteiger partial charge in [0.05, 0.1) is 11.7 Å². The summed E-state index contributed by atoms with van der Waals surface area (Å²) in [5, 5.41) is 20.6. The first-order valence-electron chi connectivity index (χ1n) is 6.80. The normalized spacial score (nSPS) is 34.3. The van der Waals surface area contributed by atoms with Crippen LogP contribution in [0.3, 0.4) is 0 Å². The molecule has 1 aliphatic rings. The highest BCUT2D eigenvalue weighted by atomic mass is 16.3. The summed E-state index contributed by atoms with van der Waals surface area (Å²) in [7, 11) is 0. The van der Waals surface area contributed by atoms with Crippen molar-refractivity contribution in [2.45, 2.75) is 58.7 Å². The fraction of sp³-hybridized carbons (Fsp3) is 0.750. The van der Waals surface area contributed by atoms with Crippen molar-refractivity contribution in [3.8, 4) is 0 Å². The van der Waals surface area contributed by atoms with Crippen LogP contribution in [0.15, 0.2) is 24.8 Å². The van der Waals surface area contributed by atoms with Crippen molar-refractivity contribution in [2.24, 2.45) is 17.3 Å². The molecule has 0 amide bonds. The zero-order chi connectivity index (χ0) is 14.1. The minimum Gasteiger partial charge on any atom is -0.390 e. The van der Waals surface area contributed by atoms with Crippen molar-refractivity contribution >= 4 is 0 Å². The minimum atomic E-state index is -0.651. The van der Waals surface area contributed by atoms with E-state index in [9.17, 15) is 10.2 Å². The molecule has 0 spiro atoms. The number of allylic oxidation sites excluding steroid dienone is 1. The fourth-order valence-electron chi connectivity index (χ4n) is 3.23. The molecule has 0 aliphatic heterocycles. The van der Waals surface area contributed by atoms with Gasteiger partial charge in [-0.3, -0.25) is 0 Å². The lowest BCUT2D eigenvalue weighted by molar-refractivity contribution is -0.0235. The second-order valence-corrected chi connectivity index (χ2v) is 6.83. The highest BCUT2D eigenvalue weighted by Crippen LogP contribution is 2.49. The third kappa shape index (κ3) is 3.04. The van der Waals surface area contributed by atoms with Gasteiger partial charge in [-0.15, -0.1) is 6.58 Å². The van der Waals surface area contributed by atoms with E-state index in [4.69, 9.17) is 0 Å². The molecule has 4 atom stereocenters. The molecule has 0 radical (unpaired) electrons. The molecule has 2 N–H and O–H groups in total. The third-order valence-corrected chi connectivity index (χ3v) is 4.65. The summed E-state index contributed by atoms with van der Waals surface area (Å²) < 4.78 is 0. The predicted molar refractivity (Wildman–Crippen MR) is 76.3 cm³/mol. The molecular weight excluding hydrogens is 224 g/mol. The van der Waals surface area contributed by atoms with Crippen LogP contribution in [0, 0.1) is 17.3 Å². The highest BCUT2D eigenvalue weighted by molar-refractivity contribution is 5.09. The Morgan fingerprint density at radius 3 is 2.56 bits per heavy atom. The molecule has 0 unspecified atom stereocenters. The second-order valence-electron chi connectivity index (χ2n) is 6.83. The summed E-state index contributed by atoms with van der Waals surface area (Å²) in [6.07, 6.45) is 3.63. The average Bonchev–Trinajstić information content (AvgIpc) is 2.53. The van der Waals surface area contributed by atoms with Gasteiger partial charge in [0.1, 0.15) is 0 Å². The van der Waals surface area contributed by atoms with Crippen molar-refractivity contribution in [1.29, 1.82) is 0 Å². The summed E-state index contributed by atoms with van der Waals surface area (Å²) in [6, 6.07) is 0. The van der Waals surface area contributed by atoms with E-state index in [-0.39, 0.29) is 11.3 Å². The van der Waals surface area contributed by atoms with E-state index < -0.39 is 11.7 Å². The van der Waals surface area contributed by atoms with Gasteiger partial charge in [-0.1, -0.05) is 32.1 Å². The monoisotopic (exact) mass is 252 g/mol. The van der Waals surface area contributed by atoms with Gasteiger partial charge in [0.2, 0.25) is 0 Å². The van der Waals surface area contributed by atoms with Gasteiger partial charge in [0.15, 0.2) is 0 Å². The Kier molecular flexibility index (Phi) is 4.45. The Labute approximate surface area is 111 Å². The quantitative estimate of drug-likeness (QED) is 0.737. The molecule has 2 nitrogen and oxygen atoms in total. The van der Waals surface area contributed by atoms with Gasteiger partial charge in [0, 0.05) is 0 Å². The second kappa shape index (κ2) is 5.18. The predicted octanol–water partition coefficient (Wildman–Crippen LogP) is 3.30. The first-order valence-corrected chi connectivity index (χ1v) is 6.80. The van der Waals surface area contributed by atoms with E-state index in [0.29, 0.717) is 5.92 Å². The van der Waals surface area contributed by atoms with E-state index in [1.807, 2.05) is 27.7 Å². The maximum atomic E-state index is 10.5. The van der Waals surface area contributed by atoms with Crippen LogP contribution in [0.1, 0.15) is 47.0 Å². The van der Waals surface area contributed by atoms with Gasteiger partial charge >= 0.3 is 0 Å². The average molecular weight is 252 g/mol. The maximum Gasteiger partial charge on any atom is 0.0769 e.